The average molecular weight is 254 g/mol. The van der Waals surface area contributed by atoms with Gasteiger partial charge in [-0.05, 0) is 19.9 Å². The molecule has 0 bridgehead atoms. The van der Waals surface area contributed by atoms with E-state index in [1.54, 1.807) is 13.8 Å². The second-order valence-corrected chi connectivity index (χ2v) is 4.66. The van der Waals surface area contributed by atoms with E-state index in [2.05, 4.69) is 0 Å². The van der Waals surface area contributed by atoms with Crippen LogP contribution < -0.4 is 10.5 Å². The highest BCUT2D eigenvalue weighted by atomic mass is 16.6. The highest BCUT2D eigenvalue weighted by molar-refractivity contribution is 5.43. The van der Waals surface area contributed by atoms with Gasteiger partial charge in [0.15, 0.2) is 0 Å². The van der Waals surface area contributed by atoms with Crippen molar-refractivity contribution >= 4 is 5.69 Å². The van der Waals surface area contributed by atoms with Crippen LogP contribution in [0.25, 0.3) is 0 Å². The zero-order chi connectivity index (χ0) is 13.8. The van der Waals surface area contributed by atoms with Crippen LogP contribution in [-0.2, 0) is 6.54 Å². The predicted molar refractivity (Wildman–Crippen MR) is 67.4 cm³/mol. The second kappa shape index (κ2) is 5.79. The third kappa shape index (κ3) is 4.31. The Labute approximate surface area is 106 Å². The molecular formula is C12H18N2O4. The predicted octanol–water partition coefficient (Wildman–Crippen LogP) is 1.59. The molecule has 0 radical (unpaired) electrons. The van der Waals surface area contributed by atoms with Gasteiger partial charge < -0.3 is 15.6 Å². The Morgan fingerprint density at radius 2 is 2.17 bits per heavy atom. The number of nitrogens with two attached hydrogens (primary N) is 1. The highest BCUT2D eigenvalue weighted by Crippen LogP contribution is 2.24. The van der Waals surface area contributed by atoms with Gasteiger partial charge in [-0.1, -0.05) is 0 Å². The largest absolute Gasteiger partial charge is 0.493 e. The molecule has 0 atom stereocenters. The molecule has 1 aromatic carbocycles. The first-order chi connectivity index (χ1) is 8.33. The standard InChI is InChI=1S/C12H18N2O4/c1-12(2,15)5-6-18-11-4-3-10(14(16)17)7-9(11)8-13/h3-4,7,15H,5-6,8,13H2,1-2H3. The Morgan fingerprint density at radius 3 is 2.67 bits per heavy atom. The second-order valence-electron chi connectivity index (χ2n) is 4.66. The summed E-state index contributed by atoms with van der Waals surface area (Å²) in [4.78, 5) is 10.1. The van der Waals surface area contributed by atoms with Crippen molar-refractivity contribution in [3.05, 3.63) is 33.9 Å². The monoisotopic (exact) mass is 254 g/mol. The number of hydrogen-bond donors (Lipinski definition) is 2. The van der Waals surface area contributed by atoms with Crippen LogP contribution >= 0.6 is 0 Å². The number of benzene rings is 1. The zero-order valence-corrected chi connectivity index (χ0v) is 10.5. The number of nitrogens with zero attached hydrogens (tertiary/aromatic N) is 1. The van der Waals surface area contributed by atoms with Crippen LogP contribution in [0.5, 0.6) is 5.75 Å². The lowest BCUT2D eigenvalue weighted by Crippen LogP contribution is -2.22. The molecule has 6 heteroatoms. The van der Waals surface area contributed by atoms with Gasteiger partial charge in [0.2, 0.25) is 0 Å². The Hall–Kier alpha value is -1.66. The maximum absolute atomic E-state index is 10.6. The number of aliphatic hydroxyl groups is 1. The molecule has 0 aromatic heterocycles. The molecule has 6 nitrogen and oxygen atoms in total. The van der Waals surface area contributed by atoms with Gasteiger partial charge in [0.05, 0.1) is 17.1 Å². The van der Waals surface area contributed by atoms with Crippen LogP contribution in [0.2, 0.25) is 0 Å². The molecule has 0 unspecified atom stereocenters. The van der Waals surface area contributed by atoms with Gasteiger partial charge >= 0.3 is 0 Å². The summed E-state index contributed by atoms with van der Waals surface area (Å²) in [6, 6.07) is 4.31. The third-order valence-electron chi connectivity index (χ3n) is 2.45. The molecule has 1 aromatic rings. The van der Waals surface area contributed by atoms with Gasteiger partial charge in [-0.25, -0.2) is 0 Å². The van der Waals surface area contributed by atoms with Crippen LogP contribution in [0, 0.1) is 10.1 Å². The summed E-state index contributed by atoms with van der Waals surface area (Å²) in [5.41, 5.74) is 5.30. The van der Waals surface area contributed by atoms with Crippen LogP contribution in [0.3, 0.4) is 0 Å². The molecule has 0 saturated carbocycles. The summed E-state index contributed by atoms with van der Waals surface area (Å²) in [5, 5.41) is 20.2. The molecule has 1 rings (SSSR count). The van der Waals surface area contributed by atoms with Gasteiger partial charge in [-0.2, -0.15) is 0 Å². The van der Waals surface area contributed by atoms with Crippen molar-refractivity contribution in [2.45, 2.75) is 32.4 Å². The fraction of sp³-hybridized carbons (Fsp3) is 0.500. The Kier molecular flexibility index (Phi) is 4.63. The van der Waals surface area contributed by atoms with Crippen molar-refractivity contribution in [1.29, 1.82) is 0 Å². The minimum absolute atomic E-state index is 0.00899. The summed E-state index contributed by atoms with van der Waals surface area (Å²) in [6.07, 6.45) is 0.466. The summed E-state index contributed by atoms with van der Waals surface area (Å²) >= 11 is 0. The summed E-state index contributed by atoms with van der Waals surface area (Å²) in [5.74, 6) is 0.521. The molecule has 3 N–H and O–H groups in total. The van der Waals surface area contributed by atoms with E-state index < -0.39 is 10.5 Å². The van der Waals surface area contributed by atoms with Crippen molar-refractivity contribution in [3.8, 4) is 5.75 Å². The maximum Gasteiger partial charge on any atom is 0.270 e. The van der Waals surface area contributed by atoms with Gasteiger partial charge in [0.1, 0.15) is 5.75 Å². The normalized spacial score (nSPS) is 11.3. The number of nitro groups is 1. The Balaban J connectivity index is 2.74. The highest BCUT2D eigenvalue weighted by Gasteiger charge is 2.14. The first-order valence-electron chi connectivity index (χ1n) is 5.66. The number of nitro benzene ring substituents is 1. The SMILES string of the molecule is CC(C)(O)CCOc1ccc([N+](=O)[O-])cc1CN. The molecule has 0 spiro atoms. The fourth-order valence-electron chi connectivity index (χ4n) is 1.39. The van der Waals surface area contributed by atoms with E-state index in [4.69, 9.17) is 10.5 Å². The van der Waals surface area contributed by atoms with Gasteiger partial charge in [-0.15, -0.1) is 0 Å². The first-order valence-corrected chi connectivity index (χ1v) is 5.66. The summed E-state index contributed by atoms with van der Waals surface area (Å²) < 4.78 is 5.48. The molecule has 0 fully saturated rings. The van der Waals surface area contributed by atoms with E-state index in [1.165, 1.54) is 18.2 Å². The number of rotatable bonds is 6. The van der Waals surface area contributed by atoms with Crippen molar-refractivity contribution in [2.24, 2.45) is 5.73 Å². The van der Waals surface area contributed by atoms with E-state index in [0.717, 1.165) is 0 Å². The van der Waals surface area contributed by atoms with E-state index in [0.29, 0.717) is 24.3 Å². The molecular weight excluding hydrogens is 236 g/mol. The molecule has 0 aliphatic heterocycles. The van der Waals surface area contributed by atoms with Crippen LogP contribution in [0.15, 0.2) is 18.2 Å². The fourth-order valence-corrected chi connectivity index (χ4v) is 1.39. The quantitative estimate of drug-likeness (QED) is 0.593. The van der Waals surface area contributed by atoms with Crippen LogP contribution in [0.4, 0.5) is 5.69 Å². The maximum atomic E-state index is 10.6. The number of non-ortho nitro benzene ring substituents is 1. The summed E-state index contributed by atoms with van der Waals surface area (Å²) in [7, 11) is 0. The molecule has 100 valence electrons. The Bertz CT molecular complexity index is 427. The average Bonchev–Trinajstić information content (AvgIpc) is 2.27. The first kappa shape index (κ1) is 14.4. The van der Waals surface area contributed by atoms with Gasteiger partial charge in [-0.3, -0.25) is 10.1 Å². The van der Waals surface area contributed by atoms with Crippen molar-refractivity contribution in [2.75, 3.05) is 6.61 Å². The van der Waals surface area contributed by atoms with E-state index in [9.17, 15) is 15.2 Å². The summed E-state index contributed by atoms with van der Waals surface area (Å²) in [6.45, 7) is 3.87. The Morgan fingerprint density at radius 1 is 1.50 bits per heavy atom. The minimum Gasteiger partial charge on any atom is -0.493 e. The van der Waals surface area contributed by atoms with E-state index >= 15 is 0 Å². The zero-order valence-electron chi connectivity index (χ0n) is 10.5. The molecule has 0 saturated heterocycles. The lowest BCUT2D eigenvalue weighted by atomic mass is 10.1. The van der Waals surface area contributed by atoms with Gasteiger partial charge in [0, 0.05) is 30.7 Å². The van der Waals surface area contributed by atoms with E-state index in [-0.39, 0.29) is 12.2 Å². The van der Waals surface area contributed by atoms with Crippen LogP contribution in [-0.4, -0.2) is 22.2 Å². The van der Waals surface area contributed by atoms with Gasteiger partial charge in [0.25, 0.3) is 5.69 Å². The van der Waals surface area contributed by atoms with Crippen molar-refractivity contribution in [3.63, 3.8) is 0 Å². The minimum atomic E-state index is -0.802. The van der Waals surface area contributed by atoms with Crippen molar-refractivity contribution < 1.29 is 14.8 Å². The van der Waals surface area contributed by atoms with E-state index in [1.807, 2.05) is 0 Å². The molecule has 0 amide bonds. The smallest absolute Gasteiger partial charge is 0.270 e. The molecule has 0 heterocycles. The number of hydrogen-bond acceptors (Lipinski definition) is 5. The third-order valence-corrected chi connectivity index (χ3v) is 2.45. The van der Waals surface area contributed by atoms with Crippen molar-refractivity contribution in [1.82, 2.24) is 0 Å². The van der Waals surface area contributed by atoms with Crippen LogP contribution in [0.1, 0.15) is 25.8 Å². The lowest BCUT2D eigenvalue weighted by Gasteiger charge is -2.17. The number of ether oxygens (including phenoxy) is 1. The topological polar surface area (TPSA) is 98.6 Å². The molecule has 0 aliphatic rings. The molecule has 0 aliphatic carbocycles. The molecule has 18 heavy (non-hydrogen) atoms. The lowest BCUT2D eigenvalue weighted by molar-refractivity contribution is -0.384.